The van der Waals surface area contributed by atoms with Crippen molar-refractivity contribution in [3.8, 4) is 5.75 Å². The van der Waals surface area contributed by atoms with Gasteiger partial charge in [0.15, 0.2) is 0 Å². The maximum atomic E-state index is 10.3. The molecule has 2 nitrogen and oxygen atoms in total. The molecule has 2 rings (SSSR count). The lowest BCUT2D eigenvalue weighted by Gasteiger charge is -2.13. The third kappa shape index (κ3) is 3.63. The molecular formula is C15H14Cl2O2. The molecule has 2 aromatic carbocycles. The molecule has 0 aromatic heterocycles. The van der Waals surface area contributed by atoms with Crippen LogP contribution in [0.15, 0.2) is 42.5 Å². The zero-order valence-electron chi connectivity index (χ0n) is 10.4. The van der Waals surface area contributed by atoms with Crippen LogP contribution in [-0.2, 0) is 6.42 Å². The monoisotopic (exact) mass is 296 g/mol. The van der Waals surface area contributed by atoms with Gasteiger partial charge in [-0.1, -0.05) is 35.3 Å². The second kappa shape index (κ2) is 6.29. The van der Waals surface area contributed by atoms with Crippen molar-refractivity contribution in [1.82, 2.24) is 0 Å². The van der Waals surface area contributed by atoms with Crippen LogP contribution in [0.25, 0.3) is 0 Å². The van der Waals surface area contributed by atoms with Gasteiger partial charge in [-0.05, 0) is 35.9 Å². The number of hydrogen-bond acceptors (Lipinski definition) is 2. The van der Waals surface area contributed by atoms with E-state index in [9.17, 15) is 5.11 Å². The van der Waals surface area contributed by atoms with Gasteiger partial charge in [-0.15, -0.1) is 0 Å². The third-order valence-corrected chi connectivity index (χ3v) is 3.46. The highest BCUT2D eigenvalue weighted by Gasteiger charge is 2.13. The van der Waals surface area contributed by atoms with Crippen molar-refractivity contribution in [2.24, 2.45) is 0 Å². The van der Waals surface area contributed by atoms with Gasteiger partial charge in [-0.25, -0.2) is 0 Å². The molecule has 0 radical (unpaired) electrons. The molecular weight excluding hydrogens is 283 g/mol. The molecule has 1 N–H and O–H groups in total. The first-order valence-corrected chi connectivity index (χ1v) is 6.61. The van der Waals surface area contributed by atoms with Crippen molar-refractivity contribution < 1.29 is 9.84 Å². The van der Waals surface area contributed by atoms with Crippen molar-refractivity contribution in [2.75, 3.05) is 7.11 Å². The highest BCUT2D eigenvalue weighted by molar-refractivity contribution is 6.33. The number of aliphatic hydroxyl groups is 1. The number of halogens is 2. The number of methoxy groups -OCH3 is 1. The molecule has 0 saturated carbocycles. The molecule has 0 amide bonds. The maximum absolute atomic E-state index is 10.3. The summed E-state index contributed by atoms with van der Waals surface area (Å²) >= 11 is 12.0. The molecule has 0 spiro atoms. The van der Waals surface area contributed by atoms with Crippen LogP contribution in [0.4, 0.5) is 0 Å². The van der Waals surface area contributed by atoms with E-state index in [0.717, 1.165) is 11.3 Å². The summed E-state index contributed by atoms with van der Waals surface area (Å²) in [7, 11) is 1.61. The quantitative estimate of drug-likeness (QED) is 0.912. The van der Waals surface area contributed by atoms with Gasteiger partial charge in [0.2, 0.25) is 0 Å². The first-order valence-electron chi connectivity index (χ1n) is 5.86. The summed E-state index contributed by atoms with van der Waals surface area (Å²) in [6, 6.07) is 12.7. The summed E-state index contributed by atoms with van der Waals surface area (Å²) in [6.45, 7) is 0. The topological polar surface area (TPSA) is 29.5 Å². The predicted octanol–water partition coefficient (Wildman–Crippen LogP) is 4.28. The fraction of sp³-hybridized carbons (Fsp3) is 0.200. The fourth-order valence-electron chi connectivity index (χ4n) is 1.90. The van der Waals surface area contributed by atoms with Crippen LogP contribution in [0.2, 0.25) is 10.0 Å². The SMILES string of the molecule is COc1cccc(CC(O)c2cc(Cl)ccc2Cl)c1. The van der Waals surface area contributed by atoms with Crippen LogP contribution >= 0.6 is 23.2 Å². The molecule has 0 bridgehead atoms. The molecule has 1 unspecified atom stereocenters. The Morgan fingerprint density at radius 2 is 1.95 bits per heavy atom. The zero-order chi connectivity index (χ0) is 13.8. The standard InChI is InChI=1S/C15H14Cl2O2/c1-19-12-4-2-3-10(7-12)8-15(18)13-9-11(16)5-6-14(13)17/h2-7,9,15,18H,8H2,1H3. The molecule has 2 aromatic rings. The van der Waals surface area contributed by atoms with Crippen LogP contribution in [0, 0.1) is 0 Å². The second-order valence-electron chi connectivity index (χ2n) is 4.24. The molecule has 0 aliphatic heterocycles. The van der Waals surface area contributed by atoms with Crippen molar-refractivity contribution >= 4 is 23.2 Å². The Balaban J connectivity index is 2.20. The summed E-state index contributed by atoms with van der Waals surface area (Å²) in [5, 5.41) is 11.3. The Bertz CT molecular complexity index is 570. The summed E-state index contributed by atoms with van der Waals surface area (Å²) in [6.07, 6.45) is -0.240. The molecule has 4 heteroatoms. The maximum Gasteiger partial charge on any atom is 0.119 e. The van der Waals surface area contributed by atoms with E-state index in [1.165, 1.54) is 0 Å². The number of aliphatic hydroxyl groups excluding tert-OH is 1. The molecule has 0 heterocycles. The van der Waals surface area contributed by atoms with Gasteiger partial charge >= 0.3 is 0 Å². The second-order valence-corrected chi connectivity index (χ2v) is 5.08. The molecule has 0 aliphatic carbocycles. The highest BCUT2D eigenvalue weighted by atomic mass is 35.5. The van der Waals surface area contributed by atoms with Crippen molar-refractivity contribution in [1.29, 1.82) is 0 Å². The smallest absolute Gasteiger partial charge is 0.119 e. The van der Waals surface area contributed by atoms with Crippen LogP contribution in [-0.4, -0.2) is 12.2 Å². The minimum atomic E-state index is -0.696. The van der Waals surface area contributed by atoms with Gasteiger partial charge in [0.05, 0.1) is 13.2 Å². The number of benzene rings is 2. The number of hydrogen-bond donors (Lipinski definition) is 1. The predicted molar refractivity (Wildman–Crippen MR) is 78.1 cm³/mol. The van der Waals surface area contributed by atoms with Crippen LogP contribution in [0.3, 0.4) is 0 Å². The first-order chi connectivity index (χ1) is 9.10. The van der Waals surface area contributed by atoms with Gasteiger partial charge in [-0.2, -0.15) is 0 Å². The summed E-state index contributed by atoms with van der Waals surface area (Å²) < 4.78 is 5.16. The molecule has 0 aliphatic rings. The normalized spacial score (nSPS) is 12.2. The minimum absolute atomic E-state index is 0.456. The Morgan fingerprint density at radius 3 is 2.68 bits per heavy atom. The number of ether oxygens (including phenoxy) is 1. The van der Waals surface area contributed by atoms with E-state index in [1.54, 1.807) is 25.3 Å². The van der Waals surface area contributed by atoms with Gasteiger partial charge in [0.1, 0.15) is 5.75 Å². The fourth-order valence-corrected chi connectivity index (χ4v) is 2.33. The average molecular weight is 297 g/mol. The van der Waals surface area contributed by atoms with Gasteiger partial charge in [0, 0.05) is 22.0 Å². The molecule has 1 atom stereocenters. The Hall–Kier alpha value is -1.22. The lowest BCUT2D eigenvalue weighted by molar-refractivity contribution is 0.178. The van der Waals surface area contributed by atoms with Crippen LogP contribution in [0.1, 0.15) is 17.2 Å². The highest BCUT2D eigenvalue weighted by Crippen LogP contribution is 2.29. The number of rotatable bonds is 4. The molecule has 100 valence electrons. The van der Waals surface area contributed by atoms with Crippen molar-refractivity contribution in [3.05, 3.63) is 63.6 Å². The van der Waals surface area contributed by atoms with Gasteiger partial charge in [0.25, 0.3) is 0 Å². The Kier molecular flexibility index (Phi) is 4.70. The molecule has 19 heavy (non-hydrogen) atoms. The third-order valence-electron chi connectivity index (χ3n) is 2.88. The van der Waals surface area contributed by atoms with E-state index >= 15 is 0 Å². The van der Waals surface area contributed by atoms with E-state index in [1.807, 2.05) is 24.3 Å². The minimum Gasteiger partial charge on any atom is -0.497 e. The Morgan fingerprint density at radius 1 is 1.16 bits per heavy atom. The van der Waals surface area contributed by atoms with E-state index < -0.39 is 6.10 Å². The largest absolute Gasteiger partial charge is 0.497 e. The van der Waals surface area contributed by atoms with Crippen LogP contribution in [0.5, 0.6) is 5.75 Å². The van der Waals surface area contributed by atoms with E-state index in [0.29, 0.717) is 22.0 Å². The van der Waals surface area contributed by atoms with Crippen molar-refractivity contribution in [3.63, 3.8) is 0 Å². The Labute approximate surface area is 122 Å². The van der Waals surface area contributed by atoms with Gasteiger partial charge in [-0.3, -0.25) is 0 Å². The first kappa shape index (κ1) is 14.2. The van der Waals surface area contributed by atoms with E-state index in [4.69, 9.17) is 27.9 Å². The van der Waals surface area contributed by atoms with E-state index in [-0.39, 0.29) is 0 Å². The average Bonchev–Trinajstić information content (AvgIpc) is 2.41. The molecule has 0 saturated heterocycles. The van der Waals surface area contributed by atoms with Crippen LogP contribution < -0.4 is 4.74 Å². The summed E-state index contributed by atoms with van der Waals surface area (Å²) in [5.41, 5.74) is 1.61. The zero-order valence-corrected chi connectivity index (χ0v) is 11.9. The van der Waals surface area contributed by atoms with Crippen molar-refractivity contribution in [2.45, 2.75) is 12.5 Å². The molecule has 0 fully saturated rings. The van der Waals surface area contributed by atoms with Gasteiger partial charge < -0.3 is 9.84 Å². The summed E-state index contributed by atoms with van der Waals surface area (Å²) in [5.74, 6) is 0.766. The van der Waals surface area contributed by atoms with E-state index in [2.05, 4.69) is 0 Å². The summed E-state index contributed by atoms with van der Waals surface area (Å²) in [4.78, 5) is 0. The lowest BCUT2D eigenvalue weighted by Crippen LogP contribution is -2.03. The lowest BCUT2D eigenvalue weighted by atomic mass is 10.0.